The van der Waals surface area contributed by atoms with E-state index in [1.165, 1.54) is 11.8 Å². The van der Waals surface area contributed by atoms with E-state index in [4.69, 9.17) is 4.42 Å². The molecule has 0 bridgehead atoms. The van der Waals surface area contributed by atoms with Gasteiger partial charge in [0.1, 0.15) is 5.69 Å². The van der Waals surface area contributed by atoms with E-state index in [1.54, 1.807) is 0 Å². The summed E-state index contributed by atoms with van der Waals surface area (Å²) < 4.78 is 6.67. The maximum absolute atomic E-state index is 9.19. The minimum Gasteiger partial charge on any atom is -0.429 e. The van der Waals surface area contributed by atoms with Crippen LogP contribution >= 0.6 is 27.7 Å². The number of hydrogen-bond donors (Lipinski definition) is 1. The van der Waals surface area contributed by atoms with Crippen molar-refractivity contribution in [1.29, 1.82) is 0 Å². The van der Waals surface area contributed by atoms with Crippen LogP contribution in [0.15, 0.2) is 32.2 Å². The average molecular weight is 314 g/mol. The van der Waals surface area contributed by atoms with Crippen LogP contribution in [0.4, 0.5) is 0 Å². The van der Waals surface area contributed by atoms with E-state index in [0.717, 1.165) is 15.6 Å². The monoisotopic (exact) mass is 313 g/mol. The second-order valence-electron chi connectivity index (χ2n) is 3.53. The van der Waals surface area contributed by atoms with Crippen molar-refractivity contribution in [1.82, 2.24) is 4.98 Å². The number of oxazole rings is 1. The van der Waals surface area contributed by atoms with Gasteiger partial charge in [-0.2, -0.15) is 0 Å². The summed E-state index contributed by atoms with van der Waals surface area (Å²) in [6.45, 7) is 1.90. The van der Waals surface area contributed by atoms with Crippen molar-refractivity contribution in [3.63, 3.8) is 0 Å². The van der Waals surface area contributed by atoms with Crippen molar-refractivity contribution in [2.45, 2.75) is 18.6 Å². The van der Waals surface area contributed by atoms with Gasteiger partial charge in [-0.05, 0) is 30.9 Å². The molecule has 0 spiro atoms. The molecule has 17 heavy (non-hydrogen) atoms. The summed E-state index contributed by atoms with van der Waals surface area (Å²) in [7, 11) is 0. The van der Waals surface area contributed by atoms with Crippen molar-refractivity contribution in [2.75, 3.05) is 6.26 Å². The lowest BCUT2D eigenvalue weighted by molar-refractivity contribution is 0.270. The van der Waals surface area contributed by atoms with Crippen molar-refractivity contribution >= 4 is 27.7 Å². The lowest BCUT2D eigenvalue weighted by Gasteiger charge is -2.02. The molecule has 0 saturated carbocycles. The van der Waals surface area contributed by atoms with Gasteiger partial charge in [-0.15, -0.1) is 0 Å². The van der Waals surface area contributed by atoms with Crippen molar-refractivity contribution in [2.24, 2.45) is 0 Å². The summed E-state index contributed by atoms with van der Waals surface area (Å²) in [5, 5.41) is 9.86. The second-order valence-corrected chi connectivity index (χ2v) is 5.16. The highest BCUT2D eigenvalue weighted by molar-refractivity contribution is 9.10. The maximum Gasteiger partial charge on any atom is 0.228 e. The number of aliphatic hydroxyl groups is 1. The van der Waals surface area contributed by atoms with Gasteiger partial charge >= 0.3 is 0 Å². The molecule has 90 valence electrons. The fraction of sp³-hybridized carbons (Fsp3) is 0.250. The first-order chi connectivity index (χ1) is 8.17. The Morgan fingerprint density at radius 3 is 2.82 bits per heavy atom. The van der Waals surface area contributed by atoms with Gasteiger partial charge in [-0.3, -0.25) is 0 Å². The lowest BCUT2D eigenvalue weighted by atomic mass is 10.1. The number of halogens is 1. The standard InChI is InChI=1S/C12H12BrNO2S/c1-7-8(4-3-5-9(7)13)11-14-10(6-15)12(16-11)17-2/h3-5,15H,6H2,1-2H3. The van der Waals surface area contributed by atoms with Gasteiger partial charge in [0, 0.05) is 10.0 Å². The number of rotatable bonds is 3. The van der Waals surface area contributed by atoms with E-state index in [2.05, 4.69) is 20.9 Å². The summed E-state index contributed by atoms with van der Waals surface area (Å²) >= 11 is 4.92. The van der Waals surface area contributed by atoms with Gasteiger partial charge in [0.15, 0.2) is 5.09 Å². The number of thioether (sulfide) groups is 1. The summed E-state index contributed by atoms with van der Waals surface area (Å²) in [5.74, 6) is 0.553. The Morgan fingerprint density at radius 1 is 1.47 bits per heavy atom. The van der Waals surface area contributed by atoms with Crippen LogP contribution in [-0.2, 0) is 6.61 Å². The smallest absolute Gasteiger partial charge is 0.228 e. The molecule has 0 fully saturated rings. The SMILES string of the molecule is CSc1oc(-c2cccc(Br)c2C)nc1CO. The average Bonchev–Trinajstić information content (AvgIpc) is 2.75. The molecule has 2 rings (SSSR count). The molecule has 0 aliphatic rings. The molecule has 0 radical (unpaired) electrons. The van der Waals surface area contributed by atoms with Gasteiger partial charge in [0.05, 0.1) is 6.61 Å². The van der Waals surface area contributed by atoms with Gasteiger partial charge in [-0.25, -0.2) is 4.98 Å². The summed E-state index contributed by atoms with van der Waals surface area (Å²) in [6, 6.07) is 5.87. The molecule has 1 aromatic carbocycles. The highest BCUT2D eigenvalue weighted by Crippen LogP contribution is 2.32. The molecule has 5 heteroatoms. The van der Waals surface area contributed by atoms with Crippen molar-refractivity contribution < 1.29 is 9.52 Å². The fourth-order valence-electron chi connectivity index (χ4n) is 1.55. The topological polar surface area (TPSA) is 46.3 Å². The number of nitrogens with zero attached hydrogens (tertiary/aromatic N) is 1. The third-order valence-corrected chi connectivity index (χ3v) is 4.04. The molecule has 1 heterocycles. The molecule has 1 N–H and O–H groups in total. The van der Waals surface area contributed by atoms with Gasteiger partial charge in [-0.1, -0.05) is 33.8 Å². The third kappa shape index (κ3) is 2.41. The molecular formula is C12H12BrNO2S. The fourth-order valence-corrected chi connectivity index (χ4v) is 2.43. The van der Waals surface area contributed by atoms with Crippen LogP contribution in [0.1, 0.15) is 11.3 Å². The number of aliphatic hydroxyl groups excluding tert-OH is 1. The van der Waals surface area contributed by atoms with E-state index in [-0.39, 0.29) is 6.61 Å². The molecule has 0 aliphatic heterocycles. The Labute approximate surface area is 112 Å². The predicted octanol–water partition coefficient (Wildman–Crippen LogP) is 3.63. The Morgan fingerprint density at radius 2 is 2.24 bits per heavy atom. The first-order valence-corrected chi connectivity index (χ1v) is 7.09. The minimum atomic E-state index is -0.104. The Bertz CT molecular complexity index is 518. The Hall–Kier alpha value is -0.780. The van der Waals surface area contributed by atoms with E-state index in [0.29, 0.717) is 16.7 Å². The molecule has 0 amide bonds. The molecule has 0 aliphatic carbocycles. The number of benzene rings is 1. The zero-order chi connectivity index (χ0) is 12.4. The summed E-state index contributed by atoms with van der Waals surface area (Å²) in [6.07, 6.45) is 1.90. The molecule has 0 unspecified atom stereocenters. The Kier molecular flexibility index (Phi) is 3.91. The zero-order valence-corrected chi connectivity index (χ0v) is 11.9. The molecule has 3 nitrogen and oxygen atoms in total. The minimum absolute atomic E-state index is 0.104. The van der Waals surface area contributed by atoms with Crippen LogP contribution in [0.5, 0.6) is 0 Å². The Balaban J connectivity index is 2.53. The van der Waals surface area contributed by atoms with Gasteiger partial charge in [0.2, 0.25) is 5.89 Å². The quantitative estimate of drug-likeness (QED) is 0.879. The lowest BCUT2D eigenvalue weighted by Crippen LogP contribution is -1.87. The molecule has 0 saturated heterocycles. The van der Waals surface area contributed by atoms with E-state index in [9.17, 15) is 5.11 Å². The summed E-state index contributed by atoms with van der Waals surface area (Å²) in [4.78, 5) is 4.31. The highest BCUT2D eigenvalue weighted by atomic mass is 79.9. The molecule has 1 aromatic heterocycles. The van der Waals surface area contributed by atoms with Crippen LogP contribution < -0.4 is 0 Å². The van der Waals surface area contributed by atoms with E-state index < -0.39 is 0 Å². The first-order valence-electron chi connectivity index (χ1n) is 5.07. The highest BCUT2D eigenvalue weighted by Gasteiger charge is 2.15. The van der Waals surface area contributed by atoms with Gasteiger partial charge < -0.3 is 9.52 Å². The van der Waals surface area contributed by atoms with Crippen molar-refractivity contribution in [3.05, 3.63) is 33.9 Å². The largest absolute Gasteiger partial charge is 0.429 e. The third-order valence-electron chi connectivity index (χ3n) is 2.49. The molecular weight excluding hydrogens is 302 g/mol. The zero-order valence-electron chi connectivity index (χ0n) is 9.53. The van der Waals surface area contributed by atoms with Gasteiger partial charge in [0.25, 0.3) is 0 Å². The molecule has 0 atom stereocenters. The first kappa shape index (κ1) is 12.7. The van der Waals surface area contributed by atoms with Crippen LogP contribution in [0.3, 0.4) is 0 Å². The van der Waals surface area contributed by atoms with Crippen LogP contribution in [0.25, 0.3) is 11.5 Å². The van der Waals surface area contributed by atoms with E-state index in [1.807, 2.05) is 31.4 Å². The maximum atomic E-state index is 9.19. The van der Waals surface area contributed by atoms with E-state index >= 15 is 0 Å². The second kappa shape index (κ2) is 5.25. The predicted molar refractivity (Wildman–Crippen MR) is 72.1 cm³/mol. The van der Waals surface area contributed by atoms with Crippen LogP contribution in [0.2, 0.25) is 0 Å². The van der Waals surface area contributed by atoms with Crippen LogP contribution in [0, 0.1) is 6.92 Å². The van der Waals surface area contributed by atoms with Crippen LogP contribution in [-0.4, -0.2) is 16.3 Å². The molecule has 2 aromatic rings. The normalized spacial score (nSPS) is 10.8. The number of hydrogen-bond acceptors (Lipinski definition) is 4. The van der Waals surface area contributed by atoms with Crippen molar-refractivity contribution in [3.8, 4) is 11.5 Å². The summed E-state index contributed by atoms with van der Waals surface area (Å²) in [5.41, 5.74) is 2.60. The number of aromatic nitrogens is 1.